The predicted octanol–water partition coefficient (Wildman–Crippen LogP) is 2.94. The molecule has 8 heteroatoms. The van der Waals surface area contributed by atoms with Gasteiger partial charge in [0.05, 0.1) is 13.3 Å². The number of amides is 1. The number of pyridine rings is 1. The Kier molecular flexibility index (Phi) is 5.99. The largest absolute Gasteiger partial charge is 0.497 e. The zero-order chi connectivity index (χ0) is 21.8. The van der Waals surface area contributed by atoms with Gasteiger partial charge in [0.2, 0.25) is 0 Å². The monoisotopic (exact) mass is 418 g/mol. The van der Waals surface area contributed by atoms with Gasteiger partial charge in [-0.25, -0.2) is 4.98 Å². The van der Waals surface area contributed by atoms with Crippen LogP contribution >= 0.6 is 0 Å². The van der Waals surface area contributed by atoms with Crippen molar-refractivity contribution in [3.8, 4) is 16.9 Å². The van der Waals surface area contributed by atoms with E-state index in [1.807, 2.05) is 72.2 Å². The zero-order valence-corrected chi connectivity index (χ0v) is 17.9. The molecule has 1 amide bonds. The fourth-order valence-electron chi connectivity index (χ4n) is 3.40. The lowest BCUT2D eigenvalue weighted by Gasteiger charge is -2.24. The third kappa shape index (κ3) is 4.75. The summed E-state index contributed by atoms with van der Waals surface area (Å²) < 4.78 is 7.19. The van der Waals surface area contributed by atoms with Gasteiger partial charge in [-0.05, 0) is 49.5 Å². The summed E-state index contributed by atoms with van der Waals surface area (Å²) in [5, 5.41) is 6.81. The first-order valence-corrected chi connectivity index (χ1v) is 10.1. The number of fused-ring (bicyclic) bond motifs is 1. The molecule has 0 aliphatic heterocycles. The second-order valence-electron chi connectivity index (χ2n) is 7.68. The van der Waals surface area contributed by atoms with E-state index >= 15 is 0 Å². The first kappa shape index (κ1) is 20.6. The number of hydrogen-bond acceptors (Lipinski definition) is 5. The smallest absolute Gasteiger partial charge is 0.274 e. The van der Waals surface area contributed by atoms with E-state index in [0.29, 0.717) is 18.8 Å². The molecule has 0 saturated carbocycles. The summed E-state index contributed by atoms with van der Waals surface area (Å²) in [5.41, 5.74) is 4.12. The van der Waals surface area contributed by atoms with Crippen molar-refractivity contribution in [3.05, 3.63) is 72.4 Å². The summed E-state index contributed by atoms with van der Waals surface area (Å²) in [6.45, 7) is 1.84. The lowest BCUT2D eigenvalue weighted by molar-refractivity contribution is 0.0726. The fourth-order valence-corrected chi connectivity index (χ4v) is 3.40. The van der Waals surface area contributed by atoms with Gasteiger partial charge in [-0.15, -0.1) is 0 Å². The Morgan fingerprint density at radius 3 is 2.77 bits per heavy atom. The highest BCUT2D eigenvalue weighted by atomic mass is 16.5. The molecular formula is C23H26N6O2. The molecule has 0 aliphatic rings. The Hall–Kier alpha value is -3.65. The molecule has 0 radical (unpaired) electrons. The zero-order valence-electron chi connectivity index (χ0n) is 17.9. The molecule has 0 aliphatic carbocycles. The van der Waals surface area contributed by atoms with E-state index in [9.17, 15) is 4.79 Å². The molecule has 0 atom stereocenters. The Balaban J connectivity index is 1.61. The highest BCUT2D eigenvalue weighted by molar-refractivity contribution is 5.93. The number of nitrogens with one attached hydrogen (secondary N) is 1. The van der Waals surface area contributed by atoms with Crippen LogP contribution in [0.1, 0.15) is 16.1 Å². The highest BCUT2D eigenvalue weighted by Gasteiger charge is 2.20. The standard InChI is InChI=1S/C23H26N6O2/c1-27(2)9-10-29(15-17-5-4-6-20(11-17)31-3)23(30)21-16-28-8-7-18(12-22(28)26-21)19-13-24-25-14-19/h4-8,11-14,16H,9-10,15H2,1-3H3,(H,24,25). The predicted molar refractivity (Wildman–Crippen MR) is 119 cm³/mol. The third-order valence-electron chi connectivity index (χ3n) is 5.12. The second-order valence-corrected chi connectivity index (χ2v) is 7.68. The van der Waals surface area contributed by atoms with Crippen molar-refractivity contribution in [3.63, 3.8) is 0 Å². The number of imidazole rings is 1. The molecule has 160 valence electrons. The quantitative estimate of drug-likeness (QED) is 0.476. The van der Waals surface area contributed by atoms with Crippen molar-refractivity contribution >= 4 is 11.6 Å². The van der Waals surface area contributed by atoms with Crippen molar-refractivity contribution in [2.75, 3.05) is 34.3 Å². The summed E-state index contributed by atoms with van der Waals surface area (Å²) in [4.78, 5) is 21.9. The first-order valence-electron chi connectivity index (χ1n) is 10.1. The SMILES string of the molecule is COc1cccc(CN(CCN(C)C)C(=O)c2cn3ccc(-c4cn[nH]c4)cc3n2)c1. The molecule has 0 unspecified atom stereocenters. The van der Waals surface area contributed by atoms with Crippen molar-refractivity contribution < 1.29 is 9.53 Å². The number of ether oxygens (including phenoxy) is 1. The number of nitrogens with zero attached hydrogens (tertiary/aromatic N) is 5. The van der Waals surface area contributed by atoms with E-state index in [1.54, 1.807) is 19.5 Å². The molecule has 8 nitrogen and oxygen atoms in total. The van der Waals surface area contributed by atoms with Crippen LogP contribution in [0.3, 0.4) is 0 Å². The van der Waals surface area contributed by atoms with Gasteiger partial charge in [-0.2, -0.15) is 5.10 Å². The lowest BCUT2D eigenvalue weighted by Crippen LogP contribution is -2.36. The van der Waals surface area contributed by atoms with Crippen molar-refractivity contribution in [2.24, 2.45) is 0 Å². The number of rotatable bonds is 8. The Morgan fingerprint density at radius 2 is 2.03 bits per heavy atom. The number of likely N-dealkylation sites (N-methyl/N-ethyl adjacent to an activating group) is 1. The average molecular weight is 419 g/mol. The maximum Gasteiger partial charge on any atom is 0.274 e. The molecular weight excluding hydrogens is 392 g/mol. The fraction of sp³-hybridized carbons (Fsp3) is 0.261. The first-order chi connectivity index (χ1) is 15.0. The number of aromatic amines is 1. The molecule has 3 heterocycles. The van der Waals surface area contributed by atoms with E-state index in [4.69, 9.17) is 4.74 Å². The number of methoxy groups -OCH3 is 1. The number of aromatic nitrogens is 4. The summed E-state index contributed by atoms with van der Waals surface area (Å²) in [6.07, 6.45) is 7.29. The number of benzene rings is 1. The van der Waals surface area contributed by atoms with Crippen LogP contribution in [0.4, 0.5) is 0 Å². The van der Waals surface area contributed by atoms with Gasteiger partial charge < -0.3 is 18.9 Å². The molecule has 31 heavy (non-hydrogen) atoms. The van der Waals surface area contributed by atoms with Crippen LogP contribution < -0.4 is 4.74 Å². The number of hydrogen-bond donors (Lipinski definition) is 1. The maximum absolute atomic E-state index is 13.4. The van der Waals surface area contributed by atoms with E-state index in [1.165, 1.54) is 0 Å². The Bertz CT molecular complexity index is 1170. The van der Waals surface area contributed by atoms with Crippen LogP contribution in [-0.2, 0) is 6.54 Å². The summed E-state index contributed by atoms with van der Waals surface area (Å²) in [7, 11) is 5.63. The van der Waals surface area contributed by atoms with Gasteiger partial charge in [0.25, 0.3) is 5.91 Å². The number of carbonyl (C=O) groups excluding carboxylic acids is 1. The van der Waals surface area contributed by atoms with E-state index in [-0.39, 0.29) is 5.91 Å². The molecule has 0 saturated heterocycles. The molecule has 0 bridgehead atoms. The molecule has 1 N–H and O–H groups in total. The van der Waals surface area contributed by atoms with E-state index in [2.05, 4.69) is 20.1 Å². The molecule has 0 fully saturated rings. The van der Waals surface area contributed by atoms with Crippen molar-refractivity contribution in [1.82, 2.24) is 29.4 Å². The average Bonchev–Trinajstić information content (AvgIpc) is 3.45. The molecule has 4 rings (SSSR count). The van der Waals surface area contributed by atoms with Crippen LogP contribution in [0.2, 0.25) is 0 Å². The summed E-state index contributed by atoms with van der Waals surface area (Å²) in [6, 6.07) is 11.7. The minimum absolute atomic E-state index is 0.0989. The minimum atomic E-state index is -0.0989. The van der Waals surface area contributed by atoms with Crippen LogP contribution in [0.5, 0.6) is 5.75 Å². The third-order valence-corrected chi connectivity index (χ3v) is 5.12. The molecule has 1 aromatic carbocycles. The normalized spacial score (nSPS) is 11.2. The molecule has 0 spiro atoms. The topological polar surface area (TPSA) is 78.8 Å². The summed E-state index contributed by atoms with van der Waals surface area (Å²) >= 11 is 0. The van der Waals surface area contributed by atoms with E-state index in [0.717, 1.165) is 34.6 Å². The highest BCUT2D eigenvalue weighted by Crippen LogP contribution is 2.20. The van der Waals surface area contributed by atoms with Crippen LogP contribution in [0, 0.1) is 0 Å². The van der Waals surface area contributed by atoms with Gasteiger partial charge in [0.1, 0.15) is 17.1 Å². The maximum atomic E-state index is 13.4. The number of carbonyl (C=O) groups is 1. The lowest BCUT2D eigenvalue weighted by atomic mass is 10.1. The Morgan fingerprint density at radius 1 is 1.16 bits per heavy atom. The van der Waals surface area contributed by atoms with Crippen LogP contribution in [0.15, 0.2) is 61.2 Å². The van der Waals surface area contributed by atoms with Gasteiger partial charge in [-0.3, -0.25) is 9.89 Å². The molecule has 4 aromatic rings. The van der Waals surface area contributed by atoms with Crippen LogP contribution in [-0.4, -0.2) is 69.6 Å². The van der Waals surface area contributed by atoms with Gasteiger partial charge >= 0.3 is 0 Å². The summed E-state index contributed by atoms with van der Waals surface area (Å²) in [5.74, 6) is 0.676. The van der Waals surface area contributed by atoms with Gasteiger partial charge in [-0.1, -0.05) is 12.1 Å². The van der Waals surface area contributed by atoms with Crippen LogP contribution in [0.25, 0.3) is 16.8 Å². The second kappa shape index (κ2) is 9.01. The Labute approximate surface area is 181 Å². The van der Waals surface area contributed by atoms with Gasteiger partial charge in [0.15, 0.2) is 0 Å². The van der Waals surface area contributed by atoms with Crippen molar-refractivity contribution in [1.29, 1.82) is 0 Å². The molecule has 3 aromatic heterocycles. The van der Waals surface area contributed by atoms with Crippen molar-refractivity contribution in [2.45, 2.75) is 6.54 Å². The minimum Gasteiger partial charge on any atom is -0.497 e. The van der Waals surface area contributed by atoms with Gasteiger partial charge in [0, 0.05) is 43.8 Å². The number of H-pyrrole nitrogens is 1. The van der Waals surface area contributed by atoms with E-state index < -0.39 is 0 Å².